The number of halogens is 1. The predicted octanol–water partition coefficient (Wildman–Crippen LogP) is 3.98. The van der Waals surface area contributed by atoms with Crippen LogP contribution < -0.4 is 0 Å². The third-order valence-corrected chi connectivity index (χ3v) is 4.41. The van der Waals surface area contributed by atoms with Crippen molar-refractivity contribution in [3.05, 3.63) is 45.6 Å². The molecule has 0 atom stereocenters. The van der Waals surface area contributed by atoms with Crippen LogP contribution >= 0.6 is 15.9 Å². The summed E-state index contributed by atoms with van der Waals surface area (Å²) in [7, 11) is 0. The van der Waals surface area contributed by atoms with Gasteiger partial charge in [0.25, 0.3) is 5.89 Å². The highest BCUT2D eigenvalue weighted by Crippen LogP contribution is 2.28. The van der Waals surface area contributed by atoms with Gasteiger partial charge in [0, 0.05) is 10.0 Å². The van der Waals surface area contributed by atoms with E-state index in [2.05, 4.69) is 31.1 Å². The van der Waals surface area contributed by atoms with Crippen LogP contribution in [0.2, 0.25) is 0 Å². The Hall–Kier alpha value is -2.39. The molecule has 3 rings (SSSR count). The van der Waals surface area contributed by atoms with Gasteiger partial charge in [-0.05, 0) is 49.2 Å². The summed E-state index contributed by atoms with van der Waals surface area (Å²) >= 11 is 3.54. The first-order valence-corrected chi connectivity index (χ1v) is 7.08. The molecular weight excluding hydrogens is 332 g/mol. The largest absolute Gasteiger partial charge is 0.342 e. The van der Waals surface area contributed by atoms with Gasteiger partial charge in [-0.15, -0.1) is 0 Å². The first-order chi connectivity index (χ1) is 10.1. The van der Waals surface area contributed by atoms with Gasteiger partial charge in [0.1, 0.15) is 17.5 Å². The van der Waals surface area contributed by atoms with Crippen LogP contribution in [0.3, 0.4) is 0 Å². The van der Waals surface area contributed by atoms with E-state index in [4.69, 9.17) is 9.78 Å². The van der Waals surface area contributed by atoms with Crippen LogP contribution in [-0.4, -0.2) is 15.1 Å². The molecule has 6 heteroatoms. The fraction of sp³-hybridized carbons (Fsp3) is 0.133. The van der Waals surface area contributed by atoms with Crippen molar-refractivity contribution in [1.29, 1.82) is 5.26 Å². The molecule has 0 saturated heterocycles. The first kappa shape index (κ1) is 13.6. The summed E-state index contributed by atoms with van der Waals surface area (Å²) in [5.41, 5.74) is 4.22. The summed E-state index contributed by atoms with van der Waals surface area (Å²) in [6.45, 7) is 4.04. The molecule has 0 saturated carbocycles. The van der Waals surface area contributed by atoms with Crippen LogP contribution in [0.1, 0.15) is 16.8 Å². The van der Waals surface area contributed by atoms with E-state index in [1.54, 1.807) is 12.1 Å². The van der Waals surface area contributed by atoms with Crippen molar-refractivity contribution in [2.75, 3.05) is 0 Å². The van der Waals surface area contributed by atoms with Crippen molar-refractivity contribution in [2.24, 2.45) is 0 Å². The summed E-state index contributed by atoms with van der Waals surface area (Å²) in [4.78, 5) is 7.29. The fourth-order valence-corrected chi connectivity index (χ4v) is 2.34. The molecule has 2 aromatic heterocycles. The topological polar surface area (TPSA) is 78.5 Å². The Morgan fingerprint density at radius 3 is 2.57 bits per heavy atom. The minimum atomic E-state index is 0.365. The standard InChI is InChI=1S/C15H11BrN4O/c1-8-5-10(6-9(2)13(8)16)14-19-15(21-20-14)12-4-3-11(7-17)18-12/h3-6,18H,1-2H3. The van der Waals surface area contributed by atoms with Gasteiger partial charge in [0.15, 0.2) is 0 Å². The van der Waals surface area contributed by atoms with Gasteiger partial charge in [0.05, 0.1) is 0 Å². The summed E-state index contributed by atoms with van der Waals surface area (Å²) < 4.78 is 6.34. The molecule has 21 heavy (non-hydrogen) atoms. The second kappa shape index (κ2) is 5.19. The minimum Gasteiger partial charge on any atom is -0.342 e. The summed E-state index contributed by atoms with van der Waals surface area (Å²) in [5, 5.41) is 12.8. The highest BCUT2D eigenvalue weighted by Gasteiger charge is 2.13. The normalized spacial score (nSPS) is 10.6. The molecule has 1 aromatic carbocycles. The Morgan fingerprint density at radius 2 is 1.95 bits per heavy atom. The van der Waals surface area contributed by atoms with Gasteiger partial charge in [-0.1, -0.05) is 21.1 Å². The van der Waals surface area contributed by atoms with E-state index < -0.39 is 0 Å². The summed E-state index contributed by atoms with van der Waals surface area (Å²) in [6, 6.07) is 9.45. The maximum Gasteiger partial charge on any atom is 0.274 e. The molecule has 0 aliphatic heterocycles. The van der Waals surface area contributed by atoms with E-state index >= 15 is 0 Å². The SMILES string of the molecule is Cc1cc(-c2noc(-c3ccc(C#N)[nH]3)n2)cc(C)c1Br. The van der Waals surface area contributed by atoms with Gasteiger partial charge in [-0.25, -0.2) is 0 Å². The number of rotatable bonds is 2. The molecular formula is C15H11BrN4O. The highest BCUT2D eigenvalue weighted by atomic mass is 79.9. The molecule has 5 nitrogen and oxygen atoms in total. The van der Waals surface area contributed by atoms with E-state index in [0.717, 1.165) is 21.2 Å². The maximum atomic E-state index is 8.82. The first-order valence-electron chi connectivity index (χ1n) is 6.29. The van der Waals surface area contributed by atoms with Crippen LogP contribution in [0.15, 0.2) is 33.3 Å². The lowest BCUT2D eigenvalue weighted by atomic mass is 10.1. The molecule has 0 aliphatic carbocycles. The van der Waals surface area contributed by atoms with Crippen molar-refractivity contribution >= 4 is 15.9 Å². The molecule has 0 aliphatic rings. The quantitative estimate of drug-likeness (QED) is 0.763. The Balaban J connectivity index is 2.00. The zero-order valence-corrected chi connectivity index (χ0v) is 13.0. The summed E-state index contributed by atoms with van der Waals surface area (Å²) in [5.74, 6) is 0.890. The number of benzene rings is 1. The van der Waals surface area contributed by atoms with Gasteiger partial charge in [-0.2, -0.15) is 10.2 Å². The molecule has 2 heterocycles. The Bertz CT molecular complexity index is 834. The zero-order valence-electron chi connectivity index (χ0n) is 11.4. The number of aromatic amines is 1. The fourth-order valence-electron chi connectivity index (χ4n) is 2.11. The van der Waals surface area contributed by atoms with E-state index in [9.17, 15) is 0 Å². The molecule has 0 amide bonds. The molecule has 3 aromatic rings. The average molecular weight is 343 g/mol. The van der Waals surface area contributed by atoms with Crippen LogP contribution in [0.4, 0.5) is 0 Å². The van der Waals surface area contributed by atoms with E-state index in [-0.39, 0.29) is 0 Å². The predicted molar refractivity (Wildman–Crippen MR) is 81.4 cm³/mol. The number of H-pyrrole nitrogens is 1. The number of nitrogens with one attached hydrogen (secondary N) is 1. The van der Waals surface area contributed by atoms with E-state index in [1.165, 1.54) is 0 Å². The third-order valence-electron chi connectivity index (χ3n) is 3.16. The number of hydrogen-bond donors (Lipinski definition) is 1. The van der Waals surface area contributed by atoms with Crippen LogP contribution in [0.25, 0.3) is 23.0 Å². The van der Waals surface area contributed by atoms with E-state index in [1.807, 2.05) is 32.0 Å². The smallest absolute Gasteiger partial charge is 0.274 e. The van der Waals surface area contributed by atoms with Crippen molar-refractivity contribution in [1.82, 2.24) is 15.1 Å². The molecule has 0 unspecified atom stereocenters. The van der Waals surface area contributed by atoms with Crippen molar-refractivity contribution in [3.8, 4) is 29.0 Å². The van der Waals surface area contributed by atoms with Gasteiger partial charge in [0.2, 0.25) is 5.82 Å². The third kappa shape index (κ3) is 2.48. The van der Waals surface area contributed by atoms with Gasteiger partial charge >= 0.3 is 0 Å². The monoisotopic (exact) mass is 342 g/mol. The van der Waals surface area contributed by atoms with Crippen LogP contribution in [0, 0.1) is 25.2 Å². The number of nitriles is 1. The minimum absolute atomic E-state index is 0.365. The van der Waals surface area contributed by atoms with E-state index in [0.29, 0.717) is 23.1 Å². The van der Waals surface area contributed by atoms with Crippen LogP contribution in [0.5, 0.6) is 0 Å². The average Bonchev–Trinajstić information content (AvgIpc) is 3.12. The lowest BCUT2D eigenvalue weighted by Gasteiger charge is -2.04. The Morgan fingerprint density at radius 1 is 1.24 bits per heavy atom. The second-order valence-electron chi connectivity index (χ2n) is 4.74. The van der Waals surface area contributed by atoms with Crippen molar-refractivity contribution < 1.29 is 4.52 Å². The van der Waals surface area contributed by atoms with Crippen molar-refractivity contribution in [2.45, 2.75) is 13.8 Å². The number of nitrogens with zero attached hydrogens (tertiary/aromatic N) is 3. The Labute approximate surface area is 129 Å². The van der Waals surface area contributed by atoms with Gasteiger partial charge < -0.3 is 9.51 Å². The molecule has 0 radical (unpaired) electrons. The Kier molecular flexibility index (Phi) is 3.35. The second-order valence-corrected chi connectivity index (χ2v) is 5.54. The number of aryl methyl sites for hydroxylation is 2. The van der Waals surface area contributed by atoms with Crippen LogP contribution in [-0.2, 0) is 0 Å². The number of hydrogen-bond acceptors (Lipinski definition) is 4. The molecule has 0 spiro atoms. The van der Waals surface area contributed by atoms with Crippen molar-refractivity contribution in [3.63, 3.8) is 0 Å². The highest BCUT2D eigenvalue weighted by molar-refractivity contribution is 9.10. The summed E-state index contributed by atoms with van der Waals surface area (Å²) in [6.07, 6.45) is 0. The zero-order chi connectivity index (χ0) is 15.0. The molecule has 0 bridgehead atoms. The molecule has 104 valence electrons. The molecule has 1 N–H and O–H groups in total. The lowest BCUT2D eigenvalue weighted by Crippen LogP contribution is -1.87. The number of aromatic nitrogens is 3. The maximum absolute atomic E-state index is 8.82. The molecule has 0 fully saturated rings. The lowest BCUT2D eigenvalue weighted by molar-refractivity contribution is 0.431. The van der Waals surface area contributed by atoms with Gasteiger partial charge in [-0.3, -0.25) is 0 Å².